The van der Waals surface area contributed by atoms with E-state index in [1.165, 1.54) is 9.80 Å². The van der Waals surface area contributed by atoms with Crippen LogP contribution < -0.4 is 15.1 Å². The number of benzene rings is 1. The fourth-order valence-electron chi connectivity index (χ4n) is 5.11. The lowest BCUT2D eigenvalue weighted by Gasteiger charge is -2.53. The van der Waals surface area contributed by atoms with Crippen molar-refractivity contribution in [3.05, 3.63) is 29.8 Å². The zero-order chi connectivity index (χ0) is 20.8. The number of carbonyl (C=O) groups excluding carboxylic acids is 3. The van der Waals surface area contributed by atoms with Crippen LogP contribution >= 0.6 is 0 Å². The molecule has 3 atom stereocenters. The number of hydrogen-bond acceptors (Lipinski definition) is 4. The molecule has 4 rings (SSSR count). The molecule has 156 valence electrons. The van der Waals surface area contributed by atoms with E-state index in [9.17, 15) is 14.4 Å². The molecular formula is C22H31N4O3+. The third kappa shape index (κ3) is 3.21. The molecule has 1 aromatic rings. The van der Waals surface area contributed by atoms with Gasteiger partial charge in [0.05, 0.1) is 26.7 Å². The van der Waals surface area contributed by atoms with E-state index in [-0.39, 0.29) is 11.9 Å². The summed E-state index contributed by atoms with van der Waals surface area (Å²) >= 11 is 0. The molecule has 3 aliphatic heterocycles. The number of likely N-dealkylation sites (N-methyl/N-ethyl adjacent to an activating group) is 1. The Morgan fingerprint density at radius 2 is 2.00 bits per heavy atom. The molecule has 3 heterocycles. The lowest BCUT2D eigenvalue weighted by atomic mass is 9.67. The number of anilines is 1. The molecule has 0 aliphatic carbocycles. The Morgan fingerprint density at radius 1 is 1.24 bits per heavy atom. The molecule has 0 bridgehead atoms. The van der Waals surface area contributed by atoms with Crippen molar-refractivity contribution in [2.45, 2.75) is 39.2 Å². The van der Waals surface area contributed by atoms with Gasteiger partial charge in [0, 0.05) is 18.7 Å². The van der Waals surface area contributed by atoms with E-state index in [1.54, 1.807) is 0 Å². The largest absolute Gasteiger partial charge is 0.355 e. The van der Waals surface area contributed by atoms with E-state index in [4.69, 9.17) is 0 Å². The lowest BCUT2D eigenvalue weighted by Crippen LogP contribution is -3.14. The Hall–Kier alpha value is -2.41. The maximum atomic E-state index is 13.8. The number of rotatable bonds is 4. The standard InChI is InChI=1S/C22H30N4O3/c1-15(2)7-6-10-26-20(28)22(19(27)23-21(26)29)13-16-8-4-5-9-17(16)25-12-11-24(3)14-18(22)25/h4-5,8-9,15,18H,6-7,10-14H2,1-3H3,(H,23,27,29)/p+1/t18-,22-/m1/s1. The molecule has 0 aromatic heterocycles. The van der Waals surface area contributed by atoms with Crippen LogP contribution in [0, 0.1) is 11.3 Å². The van der Waals surface area contributed by atoms with Gasteiger partial charge >= 0.3 is 6.03 Å². The normalized spacial score (nSPS) is 29.2. The summed E-state index contributed by atoms with van der Waals surface area (Å²) in [4.78, 5) is 44.4. The van der Waals surface area contributed by atoms with Crippen LogP contribution in [0.3, 0.4) is 0 Å². The van der Waals surface area contributed by atoms with Crippen molar-refractivity contribution in [3.63, 3.8) is 0 Å². The van der Waals surface area contributed by atoms with Crippen molar-refractivity contribution < 1.29 is 19.3 Å². The minimum atomic E-state index is -1.25. The minimum absolute atomic E-state index is 0.251. The van der Waals surface area contributed by atoms with Crippen molar-refractivity contribution in [1.29, 1.82) is 0 Å². The first-order chi connectivity index (χ1) is 13.8. The third-order valence-electron chi connectivity index (χ3n) is 6.70. The van der Waals surface area contributed by atoms with Crippen molar-refractivity contribution in [1.82, 2.24) is 10.2 Å². The van der Waals surface area contributed by atoms with Crippen LogP contribution in [0.25, 0.3) is 0 Å². The van der Waals surface area contributed by atoms with Gasteiger partial charge < -0.3 is 9.80 Å². The van der Waals surface area contributed by atoms with Crippen LogP contribution in [0.1, 0.15) is 32.3 Å². The molecular weight excluding hydrogens is 368 g/mol. The molecule has 2 N–H and O–H groups in total. The molecule has 1 spiro atoms. The van der Waals surface area contributed by atoms with E-state index in [0.717, 1.165) is 37.2 Å². The topological polar surface area (TPSA) is 74.2 Å². The minimum Gasteiger partial charge on any atom is -0.355 e. The molecule has 29 heavy (non-hydrogen) atoms. The van der Waals surface area contributed by atoms with Crippen LogP contribution in [0.5, 0.6) is 0 Å². The number of hydrogen-bond donors (Lipinski definition) is 2. The van der Waals surface area contributed by atoms with Crippen LogP contribution in [0.15, 0.2) is 24.3 Å². The molecule has 4 amide bonds. The highest BCUT2D eigenvalue weighted by molar-refractivity contribution is 6.20. The fraction of sp³-hybridized carbons (Fsp3) is 0.591. The van der Waals surface area contributed by atoms with Crippen molar-refractivity contribution in [2.24, 2.45) is 11.3 Å². The average molecular weight is 400 g/mol. The molecule has 7 heteroatoms. The summed E-state index contributed by atoms with van der Waals surface area (Å²) in [6.07, 6.45) is 2.02. The predicted molar refractivity (Wildman–Crippen MR) is 110 cm³/mol. The molecule has 1 unspecified atom stereocenters. The second kappa shape index (κ2) is 7.44. The van der Waals surface area contributed by atoms with E-state index >= 15 is 0 Å². The number of nitrogens with zero attached hydrogens (tertiary/aromatic N) is 2. The first-order valence-corrected chi connectivity index (χ1v) is 10.7. The van der Waals surface area contributed by atoms with E-state index in [1.807, 2.05) is 18.2 Å². The van der Waals surface area contributed by atoms with Gasteiger partial charge in [0.2, 0.25) is 11.8 Å². The number of barbiturate groups is 1. The first-order valence-electron chi connectivity index (χ1n) is 10.7. The van der Waals surface area contributed by atoms with E-state index in [0.29, 0.717) is 25.4 Å². The summed E-state index contributed by atoms with van der Waals surface area (Å²) in [5.41, 5.74) is 0.865. The summed E-state index contributed by atoms with van der Waals surface area (Å²) < 4.78 is 0. The molecule has 3 aliphatic rings. The first kappa shape index (κ1) is 19.9. The summed E-state index contributed by atoms with van der Waals surface area (Å²) in [6.45, 7) is 7.04. The Balaban J connectivity index is 1.74. The number of fused-ring (bicyclic) bond motifs is 4. The second-order valence-corrected chi connectivity index (χ2v) is 9.15. The summed E-state index contributed by atoms with van der Waals surface area (Å²) in [5.74, 6) is -0.262. The highest BCUT2D eigenvalue weighted by Crippen LogP contribution is 2.44. The fourth-order valence-corrected chi connectivity index (χ4v) is 5.11. The van der Waals surface area contributed by atoms with E-state index in [2.05, 4.69) is 37.2 Å². The Bertz CT molecular complexity index is 839. The highest BCUT2D eigenvalue weighted by Gasteiger charge is 2.63. The zero-order valence-corrected chi connectivity index (χ0v) is 17.5. The van der Waals surface area contributed by atoms with Crippen LogP contribution in [0.2, 0.25) is 0 Å². The number of carbonyl (C=O) groups is 3. The van der Waals surface area contributed by atoms with Crippen LogP contribution in [-0.2, 0) is 16.0 Å². The number of para-hydroxylation sites is 1. The van der Waals surface area contributed by atoms with Gasteiger partial charge in [0.25, 0.3) is 0 Å². The van der Waals surface area contributed by atoms with Gasteiger partial charge in [-0.05, 0) is 30.4 Å². The van der Waals surface area contributed by atoms with Crippen LogP contribution in [-0.4, -0.2) is 62.0 Å². The summed E-state index contributed by atoms with van der Waals surface area (Å²) in [6, 6.07) is 7.20. The second-order valence-electron chi connectivity index (χ2n) is 9.15. The smallest absolute Gasteiger partial charge is 0.330 e. The number of imide groups is 2. The monoisotopic (exact) mass is 399 g/mol. The molecule has 1 aromatic carbocycles. The molecule has 7 nitrogen and oxygen atoms in total. The number of amides is 4. The molecule has 2 fully saturated rings. The van der Waals surface area contributed by atoms with Gasteiger partial charge in [-0.25, -0.2) is 4.79 Å². The Morgan fingerprint density at radius 3 is 2.76 bits per heavy atom. The van der Waals surface area contributed by atoms with Gasteiger partial charge in [-0.3, -0.25) is 19.8 Å². The van der Waals surface area contributed by atoms with Crippen molar-refractivity contribution >= 4 is 23.5 Å². The average Bonchev–Trinajstić information content (AvgIpc) is 2.68. The third-order valence-corrected chi connectivity index (χ3v) is 6.70. The van der Waals surface area contributed by atoms with Gasteiger partial charge in [0.15, 0.2) is 5.41 Å². The van der Waals surface area contributed by atoms with Crippen molar-refractivity contribution in [3.8, 4) is 0 Å². The molecule has 2 saturated heterocycles. The molecule has 0 saturated carbocycles. The highest BCUT2D eigenvalue weighted by atomic mass is 16.2. The number of urea groups is 1. The van der Waals surface area contributed by atoms with Crippen LogP contribution in [0.4, 0.5) is 10.5 Å². The summed E-state index contributed by atoms with van der Waals surface area (Å²) in [7, 11) is 2.10. The van der Waals surface area contributed by atoms with Gasteiger partial charge in [-0.1, -0.05) is 32.0 Å². The Kier molecular flexibility index (Phi) is 5.11. The maximum Gasteiger partial charge on any atom is 0.330 e. The van der Waals surface area contributed by atoms with Crippen molar-refractivity contribution in [2.75, 3.05) is 38.1 Å². The lowest BCUT2D eigenvalue weighted by molar-refractivity contribution is -0.883. The number of piperazine rings is 1. The number of quaternary nitrogens is 1. The quantitative estimate of drug-likeness (QED) is 0.721. The molecule has 0 radical (unpaired) electrons. The number of nitrogens with one attached hydrogen (secondary N) is 2. The van der Waals surface area contributed by atoms with Gasteiger partial charge in [-0.2, -0.15) is 0 Å². The zero-order valence-electron chi connectivity index (χ0n) is 17.5. The predicted octanol–water partition coefficient (Wildman–Crippen LogP) is 0.447. The van der Waals surface area contributed by atoms with E-state index < -0.39 is 17.4 Å². The van der Waals surface area contributed by atoms with Gasteiger partial charge in [0.1, 0.15) is 6.04 Å². The summed E-state index contributed by atoms with van der Waals surface area (Å²) in [5, 5.41) is 2.53. The Labute approximate surface area is 172 Å². The SMILES string of the molecule is CC(C)CCCN1C(=O)NC(=O)[C@]2(Cc3ccccc3N3CC[NH+](C)C[C@@H]32)C1=O. The van der Waals surface area contributed by atoms with Gasteiger partial charge in [-0.15, -0.1) is 0 Å². The maximum absolute atomic E-state index is 13.8.